The van der Waals surface area contributed by atoms with Gasteiger partial charge in [-0.2, -0.15) is 0 Å². The van der Waals surface area contributed by atoms with E-state index < -0.39 is 0 Å². The van der Waals surface area contributed by atoms with E-state index in [-0.39, 0.29) is 11.6 Å². The van der Waals surface area contributed by atoms with E-state index >= 15 is 0 Å². The number of carbonyl (C=O) groups excluding carboxylic acids is 1. The van der Waals surface area contributed by atoms with E-state index in [1.54, 1.807) is 26.0 Å². The highest BCUT2D eigenvalue weighted by atomic mass is 35.5. The van der Waals surface area contributed by atoms with Gasteiger partial charge in [-0.1, -0.05) is 11.6 Å². The molecule has 2 aromatic rings. The third-order valence-corrected chi connectivity index (χ3v) is 3.31. The fraction of sp³-hybridized carbons (Fsp3) is 0.133. The molecule has 98 valence electrons. The highest BCUT2D eigenvalue weighted by Gasteiger charge is 2.16. The van der Waals surface area contributed by atoms with E-state index in [0.29, 0.717) is 33.0 Å². The van der Waals surface area contributed by atoms with Crippen molar-refractivity contribution in [2.45, 2.75) is 13.8 Å². The van der Waals surface area contributed by atoms with Gasteiger partial charge >= 0.3 is 0 Å². The monoisotopic (exact) mass is 277 g/mol. The maximum atomic E-state index is 13.2. The van der Waals surface area contributed by atoms with E-state index in [1.807, 2.05) is 0 Å². The summed E-state index contributed by atoms with van der Waals surface area (Å²) >= 11 is 5.91. The second-order valence-corrected chi connectivity index (χ2v) is 4.89. The van der Waals surface area contributed by atoms with Crippen molar-refractivity contribution < 1.29 is 9.18 Å². The second-order valence-electron chi connectivity index (χ2n) is 4.48. The maximum Gasteiger partial charge on any atom is 0.193 e. The number of aryl methyl sites for hydroxylation is 2. The Morgan fingerprint density at radius 2 is 1.74 bits per heavy atom. The number of benzene rings is 2. The molecule has 2 rings (SSSR count). The van der Waals surface area contributed by atoms with Crippen molar-refractivity contribution in [3.63, 3.8) is 0 Å². The summed E-state index contributed by atoms with van der Waals surface area (Å²) < 4.78 is 13.2. The molecule has 19 heavy (non-hydrogen) atoms. The molecular formula is C15H13ClFNO. The van der Waals surface area contributed by atoms with Crippen LogP contribution in [0.1, 0.15) is 27.0 Å². The van der Waals surface area contributed by atoms with Gasteiger partial charge in [-0.3, -0.25) is 4.79 Å². The first kappa shape index (κ1) is 13.6. The Labute approximate surface area is 116 Å². The van der Waals surface area contributed by atoms with E-state index in [9.17, 15) is 9.18 Å². The average Bonchev–Trinajstić information content (AvgIpc) is 2.31. The van der Waals surface area contributed by atoms with Crippen LogP contribution in [-0.2, 0) is 0 Å². The summed E-state index contributed by atoms with van der Waals surface area (Å²) in [5, 5.41) is 0.336. The number of halogens is 2. The van der Waals surface area contributed by atoms with Crippen LogP contribution in [0.5, 0.6) is 0 Å². The predicted octanol–water partition coefficient (Wildman–Crippen LogP) is 3.91. The molecule has 0 unspecified atom stereocenters. The number of hydrogen-bond donors (Lipinski definition) is 1. The maximum absolute atomic E-state index is 13.2. The van der Waals surface area contributed by atoms with Gasteiger partial charge in [-0.25, -0.2) is 4.39 Å². The quantitative estimate of drug-likeness (QED) is 0.668. The van der Waals surface area contributed by atoms with Crippen LogP contribution in [0.3, 0.4) is 0 Å². The summed E-state index contributed by atoms with van der Waals surface area (Å²) in [6.07, 6.45) is 0. The van der Waals surface area contributed by atoms with Crippen molar-refractivity contribution in [2.75, 3.05) is 5.73 Å². The Morgan fingerprint density at radius 3 is 2.26 bits per heavy atom. The Morgan fingerprint density at radius 1 is 1.16 bits per heavy atom. The predicted molar refractivity (Wildman–Crippen MR) is 75.2 cm³/mol. The van der Waals surface area contributed by atoms with Crippen LogP contribution in [0, 0.1) is 19.7 Å². The van der Waals surface area contributed by atoms with Gasteiger partial charge in [-0.15, -0.1) is 0 Å². The molecule has 0 aliphatic heterocycles. The lowest BCUT2D eigenvalue weighted by Gasteiger charge is -2.10. The van der Waals surface area contributed by atoms with Crippen LogP contribution < -0.4 is 5.73 Å². The number of carbonyl (C=O) groups is 1. The molecule has 0 heterocycles. The number of hydrogen-bond acceptors (Lipinski definition) is 2. The third kappa shape index (κ3) is 2.61. The molecule has 0 aliphatic carbocycles. The van der Waals surface area contributed by atoms with Gasteiger partial charge < -0.3 is 5.73 Å². The highest BCUT2D eigenvalue weighted by Crippen LogP contribution is 2.24. The van der Waals surface area contributed by atoms with Gasteiger partial charge in [0.05, 0.1) is 10.7 Å². The normalized spacial score (nSPS) is 10.5. The zero-order valence-corrected chi connectivity index (χ0v) is 11.4. The zero-order valence-electron chi connectivity index (χ0n) is 10.6. The van der Waals surface area contributed by atoms with Gasteiger partial charge in [0, 0.05) is 11.1 Å². The lowest BCUT2D eigenvalue weighted by molar-refractivity contribution is 0.103. The van der Waals surface area contributed by atoms with Gasteiger partial charge in [0.1, 0.15) is 5.82 Å². The summed E-state index contributed by atoms with van der Waals surface area (Å²) in [4.78, 5) is 12.4. The van der Waals surface area contributed by atoms with E-state index in [1.165, 1.54) is 18.2 Å². The van der Waals surface area contributed by atoms with Crippen molar-refractivity contribution in [2.24, 2.45) is 0 Å². The largest absolute Gasteiger partial charge is 0.398 e. The van der Waals surface area contributed by atoms with Crippen LogP contribution in [-0.4, -0.2) is 5.78 Å². The SMILES string of the molecule is Cc1cc(F)cc(C)c1C(=O)c1ccc(N)c(Cl)c1. The van der Waals surface area contributed by atoms with Gasteiger partial charge in [-0.05, 0) is 55.3 Å². The van der Waals surface area contributed by atoms with Crippen molar-refractivity contribution in [3.8, 4) is 0 Å². The number of rotatable bonds is 2. The molecule has 0 radical (unpaired) electrons. The minimum absolute atomic E-state index is 0.183. The molecule has 0 saturated heterocycles. The number of anilines is 1. The molecule has 0 aromatic heterocycles. The molecule has 2 aromatic carbocycles. The average molecular weight is 278 g/mol. The Bertz CT molecular complexity index is 644. The summed E-state index contributed by atoms with van der Waals surface area (Å²) in [5.74, 6) is -0.529. The summed E-state index contributed by atoms with van der Waals surface area (Å²) in [6.45, 7) is 3.42. The van der Waals surface area contributed by atoms with Crippen LogP contribution in [0.2, 0.25) is 5.02 Å². The van der Waals surface area contributed by atoms with E-state index in [2.05, 4.69) is 0 Å². The Kier molecular flexibility index (Phi) is 3.58. The Hall–Kier alpha value is -1.87. The smallest absolute Gasteiger partial charge is 0.193 e. The first-order valence-electron chi connectivity index (χ1n) is 5.76. The number of nitrogen functional groups attached to an aromatic ring is 1. The van der Waals surface area contributed by atoms with Crippen molar-refractivity contribution in [1.29, 1.82) is 0 Å². The lowest BCUT2D eigenvalue weighted by Crippen LogP contribution is -2.07. The van der Waals surface area contributed by atoms with Crippen LogP contribution in [0.15, 0.2) is 30.3 Å². The summed E-state index contributed by atoms with van der Waals surface area (Å²) in [6, 6.07) is 7.43. The molecule has 0 amide bonds. The molecule has 2 N–H and O–H groups in total. The lowest BCUT2D eigenvalue weighted by atomic mass is 9.94. The zero-order chi connectivity index (χ0) is 14.2. The molecule has 0 saturated carbocycles. The fourth-order valence-corrected chi connectivity index (χ4v) is 2.26. The van der Waals surface area contributed by atoms with Crippen LogP contribution >= 0.6 is 11.6 Å². The van der Waals surface area contributed by atoms with Gasteiger partial charge in [0.25, 0.3) is 0 Å². The first-order chi connectivity index (χ1) is 8.90. The van der Waals surface area contributed by atoms with Gasteiger partial charge in [0.2, 0.25) is 0 Å². The highest BCUT2D eigenvalue weighted by molar-refractivity contribution is 6.33. The standard InChI is InChI=1S/C15H13ClFNO/c1-8-5-11(17)6-9(2)14(8)15(19)10-3-4-13(18)12(16)7-10/h3-7H,18H2,1-2H3. The summed E-state index contributed by atoms with van der Waals surface area (Å²) in [5.41, 5.74) is 8.19. The summed E-state index contributed by atoms with van der Waals surface area (Å²) in [7, 11) is 0. The van der Waals surface area contributed by atoms with Crippen LogP contribution in [0.25, 0.3) is 0 Å². The van der Waals surface area contributed by atoms with Gasteiger partial charge in [0.15, 0.2) is 5.78 Å². The van der Waals surface area contributed by atoms with Crippen LogP contribution in [0.4, 0.5) is 10.1 Å². The molecule has 0 aliphatic rings. The number of nitrogens with two attached hydrogens (primary N) is 1. The topological polar surface area (TPSA) is 43.1 Å². The van der Waals surface area contributed by atoms with E-state index in [4.69, 9.17) is 17.3 Å². The molecular weight excluding hydrogens is 265 g/mol. The minimum Gasteiger partial charge on any atom is -0.398 e. The van der Waals surface area contributed by atoms with Crippen molar-refractivity contribution in [1.82, 2.24) is 0 Å². The van der Waals surface area contributed by atoms with Crippen molar-refractivity contribution in [3.05, 3.63) is 63.4 Å². The van der Waals surface area contributed by atoms with Crippen molar-refractivity contribution >= 4 is 23.1 Å². The fourth-order valence-electron chi connectivity index (χ4n) is 2.08. The second kappa shape index (κ2) is 5.02. The molecule has 0 fully saturated rings. The molecule has 2 nitrogen and oxygen atoms in total. The minimum atomic E-state index is -0.345. The molecule has 0 atom stereocenters. The molecule has 0 spiro atoms. The first-order valence-corrected chi connectivity index (χ1v) is 6.14. The van der Waals surface area contributed by atoms with E-state index in [0.717, 1.165) is 0 Å². The molecule has 0 bridgehead atoms. The Balaban J connectivity index is 2.53. The molecule has 4 heteroatoms. The number of ketones is 1. The third-order valence-electron chi connectivity index (χ3n) is 2.99.